The fourth-order valence-electron chi connectivity index (χ4n) is 2.34. The summed E-state index contributed by atoms with van der Waals surface area (Å²) < 4.78 is 35.6. The van der Waals surface area contributed by atoms with Gasteiger partial charge >= 0.3 is 0 Å². The van der Waals surface area contributed by atoms with Crippen molar-refractivity contribution < 1.29 is 12.8 Å². The van der Waals surface area contributed by atoms with Gasteiger partial charge in [0.1, 0.15) is 5.82 Å². The van der Waals surface area contributed by atoms with E-state index in [0.29, 0.717) is 5.13 Å². The Labute approximate surface area is 119 Å². The number of nitrogens with one attached hydrogen (secondary N) is 1. The van der Waals surface area contributed by atoms with Gasteiger partial charge < -0.3 is 5.32 Å². The first-order valence-electron chi connectivity index (χ1n) is 5.97. The molecule has 5 nitrogen and oxygen atoms in total. The van der Waals surface area contributed by atoms with Crippen molar-refractivity contribution in [2.24, 2.45) is 5.14 Å². The lowest BCUT2D eigenvalue weighted by Gasteiger charge is -2.12. The van der Waals surface area contributed by atoms with E-state index in [4.69, 9.17) is 5.14 Å². The van der Waals surface area contributed by atoms with Crippen molar-refractivity contribution in [1.29, 1.82) is 0 Å². The first-order valence-corrected chi connectivity index (χ1v) is 8.33. The van der Waals surface area contributed by atoms with E-state index in [2.05, 4.69) is 10.3 Å². The van der Waals surface area contributed by atoms with Gasteiger partial charge in [-0.3, -0.25) is 0 Å². The average Bonchev–Trinajstić information content (AvgIpc) is 2.96. The summed E-state index contributed by atoms with van der Waals surface area (Å²) in [5.41, 5.74) is 2.00. The highest BCUT2D eigenvalue weighted by molar-refractivity contribution is 7.91. The summed E-state index contributed by atoms with van der Waals surface area (Å²) in [6, 6.07) is 4.74. The monoisotopic (exact) mass is 313 g/mol. The van der Waals surface area contributed by atoms with E-state index < -0.39 is 10.0 Å². The SMILES string of the molecule is NS(=O)(=O)c1cnc(N[C@@H]2CCc3cc(F)ccc32)s1. The maximum absolute atomic E-state index is 13.1. The number of aromatic nitrogens is 1. The quantitative estimate of drug-likeness (QED) is 0.908. The zero-order valence-corrected chi connectivity index (χ0v) is 12.0. The maximum Gasteiger partial charge on any atom is 0.249 e. The predicted octanol–water partition coefficient (Wildman–Crippen LogP) is 2.03. The third kappa shape index (κ3) is 2.54. The molecule has 1 aliphatic carbocycles. The van der Waals surface area contributed by atoms with Gasteiger partial charge in [0.05, 0.1) is 12.2 Å². The van der Waals surface area contributed by atoms with E-state index in [1.807, 2.05) is 0 Å². The van der Waals surface area contributed by atoms with Crippen molar-refractivity contribution >= 4 is 26.5 Å². The van der Waals surface area contributed by atoms with Crippen molar-refractivity contribution in [2.45, 2.75) is 23.1 Å². The molecule has 0 saturated heterocycles. The van der Waals surface area contributed by atoms with Crippen LogP contribution < -0.4 is 10.5 Å². The summed E-state index contributed by atoms with van der Waals surface area (Å²) >= 11 is 0.995. The third-order valence-electron chi connectivity index (χ3n) is 3.25. The topological polar surface area (TPSA) is 85.1 Å². The number of benzene rings is 1. The fourth-order valence-corrected chi connectivity index (χ4v) is 3.85. The summed E-state index contributed by atoms with van der Waals surface area (Å²) in [5.74, 6) is -0.241. The molecule has 3 N–H and O–H groups in total. The minimum atomic E-state index is -3.72. The molecule has 0 spiro atoms. The number of nitrogens with two attached hydrogens (primary N) is 1. The Morgan fingerprint density at radius 3 is 2.95 bits per heavy atom. The van der Waals surface area contributed by atoms with Gasteiger partial charge in [-0.15, -0.1) is 0 Å². The number of nitrogens with zero attached hydrogens (tertiary/aromatic N) is 1. The molecular formula is C12H12FN3O2S2. The standard InChI is InChI=1S/C12H12FN3O2S2/c13-8-2-3-9-7(5-8)1-4-10(9)16-12-15-6-11(19-12)20(14,17)18/h2-3,5-6,10H,1,4H2,(H,15,16)(H2,14,17,18)/t10-/m1/s1. The number of fused-ring (bicyclic) bond motifs is 1. The van der Waals surface area contributed by atoms with Gasteiger partial charge in [-0.25, -0.2) is 22.9 Å². The summed E-state index contributed by atoms with van der Waals surface area (Å²) in [5, 5.41) is 8.72. The molecule has 0 radical (unpaired) electrons. The minimum Gasteiger partial charge on any atom is -0.355 e. The van der Waals surface area contributed by atoms with Gasteiger partial charge in [-0.1, -0.05) is 17.4 Å². The van der Waals surface area contributed by atoms with Crippen molar-refractivity contribution in [3.8, 4) is 0 Å². The minimum absolute atomic E-state index is 0.0186. The molecule has 1 aromatic carbocycles. The largest absolute Gasteiger partial charge is 0.355 e. The van der Waals surface area contributed by atoms with Crippen LogP contribution in [-0.2, 0) is 16.4 Å². The van der Waals surface area contributed by atoms with Crippen LogP contribution in [0.1, 0.15) is 23.6 Å². The van der Waals surface area contributed by atoms with Gasteiger partial charge in [0.25, 0.3) is 0 Å². The Morgan fingerprint density at radius 1 is 1.45 bits per heavy atom. The molecule has 0 unspecified atom stereocenters. The number of hydrogen-bond acceptors (Lipinski definition) is 5. The summed E-state index contributed by atoms with van der Waals surface area (Å²) in [4.78, 5) is 4.01. The van der Waals surface area contributed by atoms with Crippen LogP contribution >= 0.6 is 11.3 Å². The number of anilines is 1. The number of hydrogen-bond donors (Lipinski definition) is 2. The fraction of sp³-hybridized carbons (Fsp3) is 0.250. The average molecular weight is 313 g/mol. The van der Waals surface area contributed by atoms with Crippen molar-refractivity contribution in [3.63, 3.8) is 0 Å². The second kappa shape index (κ2) is 4.80. The molecule has 1 atom stereocenters. The second-order valence-corrected chi connectivity index (χ2v) is 7.43. The molecule has 1 heterocycles. The van der Waals surface area contributed by atoms with E-state index >= 15 is 0 Å². The van der Waals surface area contributed by atoms with Crippen LogP contribution in [0.2, 0.25) is 0 Å². The molecule has 8 heteroatoms. The highest BCUT2D eigenvalue weighted by atomic mass is 32.2. The lowest BCUT2D eigenvalue weighted by atomic mass is 10.1. The highest BCUT2D eigenvalue weighted by Crippen LogP contribution is 2.35. The molecule has 0 aliphatic heterocycles. The Balaban J connectivity index is 1.82. The number of thiazole rings is 1. The van der Waals surface area contributed by atoms with E-state index in [0.717, 1.165) is 35.3 Å². The van der Waals surface area contributed by atoms with Crippen LogP contribution in [0.3, 0.4) is 0 Å². The molecule has 1 aromatic heterocycles. The molecular weight excluding hydrogens is 301 g/mol. The van der Waals surface area contributed by atoms with E-state index in [1.54, 1.807) is 6.07 Å². The van der Waals surface area contributed by atoms with Gasteiger partial charge in [-0.05, 0) is 36.1 Å². The van der Waals surface area contributed by atoms with Crippen molar-refractivity contribution in [2.75, 3.05) is 5.32 Å². The number of rotatable bonds is 3. The van der Waals surface area contributed by atoms with Gasteiger partial charge in [-0.2, -0.15) is 0 Å². The van der Waals surface area contributed by atoms with Crippen LogP contribution in [0.4, 0.5) is 9.52 Å². The Hall–Kier alpha value is -1.51. The van der Waals surface area contributed by atoms with E-state index in [1.165, 1.54) is 18.3 Å². The lowest BCUT2D eigenvalue weighted by molar-refractivity contribution is 0.599. The van der Waals surface area contributed by atoms with Crippen LogP contribution in [0.25, 0.3) is 0 Å². The normalized spacial score (nSPS) is 18.0. The summed E-state index contributed by atoms with van der Waals surface area (Å²) in [7, 11) is -3.72. The molecule has 0 bridgehead atoms. The van der Waals surface area contributed by atoms with Crippen LogP contribution in [0.5, 0.6) is 0 Å². The van der Waals surface area contributed by atoms with E-state index in [-0.39, 0.29) is 16.1 Å². The lowest BCUT2D eigenvalue weighted by Crippen LogP contribution is -2.10. The van der Waals surface area contributed by atoms with Gasteiger partial charge in [0.15, 0.2) is 9.34 Å². The van der Waals surface area contributed by atoms with Crippen molar-refractivity contribution in [1.82, 2.24) is 4.98 Å². The molecule has 20 heavy (non-hydrogen) atoms. The Morgan fingerprint density at radius 2 is 2.25 bits per heavy atom. The third-order valence-corrected chi connectivity index (χ3v) is 5.58. The molecule has 0 saturated carbocycles. The predicted molar refractivity (Wildman–Crippen MR) is 74.6 cm³/mol. The smallest absolute Gasteiger partial charge is 0.249 e. The number of aryl methyl sites for hydroxylation is 1. The summed E-state index contributed by atoms with van der Waals surface area (Å²) in [6.07, 6.45) is 2.85. The molecule has 3 rings (SSSR count). The van der Waals surface area contributed by atoms with E-state index in [9.17, 15) is 12.8 Å². The zero-order valence-electron chi connectivity index (χ0n) is 10.3. The molecule has 0 amide bonds. The summed E-state index contributed by atoms with van der Waals surface area (Å²) in [6.45, 7) is 0. The maximum atomic E-state index is 13.1. The zero-order chi connectivity index (χ0) is 14.3. The van der Waals surface area contributed by atoms with Crippen LogP contribution in [0, 0.1) is 5.82 Å². The number of halogens is 1. The molecule has 2 aromatic rings. The van der Waals surface area contributed by atoms with Gasteiger partial charge in [0.2, 0.25) is 10.0 Å². The second-order valence-electron chi connectivity index (χ2n) is 4.61. The number of sulfonamides is 1. The van der Waals surface area contributed by atoms with Crippen LogP contribution in [0.15, 0.2) is 28.6 Å². The van der Waals surface area contributed by atoms with Gasteiger partial charge in [0, 0.05) is 0 Å². The first kappa shape index (κ1) is 13.5. The Kier molecular flexibility index (Phi) is 3.23. The Bertz CT molecular complexity index is 758. The first-order chi connectivity index (χ1) is 9.43. The highest BCUT2D eigenvalue weighted by Gasteiger charge is 2.24. The molecule has 1 aliphatic rings. The molecule has 0 fully saturated rings. The molecule has 106 valence electrons. The van der Waals surface area contributed by atoms with Crippen molar-refractivity contribution in [3.05, 3.63) is 41.3 Å². The van der Waals surface area contributed by atoms with Crippen LogP contribution in [-0.4, -0.2) is 13.4 Å². The number of primary sulfonamides is 1.